The lowest BCUT2D eigenvalue weighted by Crippen LogP contribution is -1.97. The Hall–Kier alpha value is -1.66. The van der Waals surface area contributed by atoms with Crippen LogP contribution in [0.25, 0.3) is 11.0 Å². The smallest absolute Gasteiger partial charge is 0.294 e. The van der Waals surface area contributed by atoms with Crippen LogP contribution >= 0.6 is 0 Å². The van der Waals surface area contributed by atoms with E-state index in [4.69, 9.17) is 4.55 Å². The van der Waals surface area contributed by atoms with E-state index in [1.54, 1.807) is 12.1 Å². The summed E-state index contributed by atoms with van der Waals surface area (Å²) >= 11 is 0. The van der Waals surface area contributed by atoms with Gasteiger partial charge in [0.2, 0.25) is 0 Å². The molecule has 0 saturated heterocycles. The largest absolute Gasteiger partial charge is 0.342 e. The molecule has 0 aliphatic carbocycles. The lowest BCUT2D eigenvalue weighted by atomic mass is 10.3. The Labute approximate surface area is 92.6 Å². The van der Waals surface area contributed by atoms with Crippen LogP contribution in [0.5, 0.6) is 0 Å². The van der Waals surface area contributed by atoms with Crippen LogP contribution in [0.3, 0.4) is 0 Å². The number of aromatic amines is 1. The molecule has 6 heteroatoms. The number of allylic oxidation sites excluding steroid dienone is 1. The lowest BCUT2D eigenvalue weighted by Gasteiger charge is -1.95. The van der Waals surface area contributed by atoms with Gasteiger partial charge < -0.3 is 4.98 Å². The molecule has 0 amide bonds. The van der Waals surface area contributed by atoms with Crippen LogP contribution < -0.4 is 0 Å². The maximum atomic E-state index is 10.9. The molecule has 1 aromatic carbocycles. The van der Waals surface area contributed by atoms with E-state index in [1.807, 2.05) is 0 Å². The zero-order chi connectivity index (χ0) is 11.8. The number of hydrogen-bond donors (Lipinski definition) is 2. The van der Waals surface area contributed by atoms with Gasteiger partial charge in [0.05, 0.1) is 15.9 Å². The molecule has 0 radical (unpaired) electrons. The van der Waals surface area contributed by atoms with Crippen molar-refractivity contribution in [1.29, 1.82) is 0 Å². The first-order valence-corrected chi connectivity index (χ1v) is 6.02. The Morgan fingerprint density at radius 1 is 1.50 bits per heavy atom. The summed E-state index contributed by atoms with van der Waals surface area (Å²) < 4.78 is 30.7. The Morgan fingerprint density at radius 3 is 2.88 bits per heavy atom. The number of rotatable bonds is 3. The fraction of sp³-hybridized carbons (Fsp3) is 0.100. The van der Waals surface area contributed by atoms with Gasteiger partial charge in [-0.25, -0.2) is 4.98 Å². The van der Waals surface area contributed by atoms with Crippen molar-refractivity contribution in [1.82, 2.24) is 9.97 Å². The number of H-pyrrole nitrogens is 1. The standard InChI is InChI=1S/C10H10N2O3S/c1-2-3-10-11-8-5-4-7(16(13,14)15)6-9(8)12-10/h2,4-6H,1,3H2,(H,11,12)(H,13,14,15). The lowest BCUT2D eigenvalue weighted by molar-refractivity contribution is 0.483. The fourth-order valence-corrected chi connectivity index (χ4v) is 1.94. The number of nitrogens with zero attached hydrogens (tertiary/aromatic N) is 1. The van der Waals surface area contributed by atoms with Crippen molar-refractivity contribution in [2.75, 3.05) is 0 Å². The van der Waals surface area contributed by atoms with E-state index >= 15 is 0 Å². The number of aromatic nitrogens is 2. The molecule has 1 heterocycles. The van der Waals surface area contributed by atoms with Crippen LogP contribution in [-0.2, 0) is 16.5 Å². The molecule has 0 unspecified atom stereocenters. The first-order valence-electron chi connectivity index (χ1n) is 4.58. The SMILES string of the molecule is C=CCc1nc2ccc(S(=O)(=O)O)cc2[nH]1. The van der Waals surface area contributed by atoms with Crippen molar-refractivity contribution in [2.24, 2.45) is 0 Å². The molecule has 5 nitrogen and oxygen atoms in total. The van der Waals surface area contributed by atoms with E-state index in [2.05, 4.69) is 16.5 Å². The Balaban J connectivity index is 2.58. The summed E-state index contributed by atoms with van der Waals surface area (Å²) in [4.78, 5) is 7.03. The van der Waals surface area contributed by atoms with Crippen LogP contribution in [0.4, 0.5) is 0 Å². The van der Waals surface area contributed by atoms with Gasteiger partial charge in [0.1, 0.15) is 5.82 Å². The number of benzene rings is 1. The van der Waals surface area contributed by atoms with E-state index in [-0.39, 0.29) is 4.90 Å². The first kappa shape index (κ1) is 10.8. The van der Waals surface area contributed by atoms with Crippen molar-refractivity contribution >= 4 is 21.2 Å². The molecule has 1 aromatic heterocycles. The highest BCUT2D eigenvalue weighted by Crippen LogP contribution is 2.17. The summed E-state index contributed by atoms with van der Waals surface area (Å²) in [5, 5.41) is 0. The molecule has 2 rings (SSSR count). The first-order chi connectivity index (χ1) is 7.50. The summed E-state index contributed by atoms with van der Waals surface area (Å²) in [6.07, 6.45) is 2.28. The third kappa shape index (κ3) is 1.98. The minimum Gasteiger partial charge on any atom is -0.342 e. The summed E-state index contributed by atoms with van der Waals surface area (Å²) in [6, 6.07) is 4.21. The molecule has 0 spiro atoms. The zero-order valence-corrected chi connectivity index (χ0v) is 9.16. The van der Waals surface area contributed by atoms with Crippen LogP contribution in [0.1, 0.15) is 5.82 Å². The quantitative estimate of drug-likeness (QED) is 0.627. The monoisotopic (exact) mass is 238 g/mol. The molecular weight excluding hydrogens is 228 g/mol. The van der Waals surface area contributed by atoms with E-state index < -0.39 is 10.1 Å². The van der Waals surface area contributed by atoms with E-state index in [0.717, 1.165) is 0 Å². The van der Waals surface area contributed by atoms with Gasteiger partial charge in [-0.05, 0) is 18.2 Å². The highest BCUT2D eigenvalue weighted by atomic mass is 32.2. The molecule has 84 valence electrons. The molecule has 0 bridgehead atoms. The highest BCUT2D eigenvalue weighted by molar-refractivity contribution is 7.85. The molecule has 2 N–H and O–H groups in total. The van der Waals surface area contributed by atoms with E-state index in [1.165, 1.54) is 12.1 Å². The van der Waals surface area contributed by atoms with E-state index in [9.17, 15) is 8.42 Å². The van der Waals surface area contributed by atoms with Crippen molar-refractivity contribution in [3.05, 3.63) is 36.7 Å². The van der Waals surface area contributed by atoms with Crippen molar-refractivity contribution in [3.63, 3.8) is 0 Å². The summed E-state index contributed by atoms with van der Waals surface area (Å²) in [7, 11) is -4.17. The number of hydrogen-bond acceptors (Lipinski definition) is 3. The summed E-state index contributed by atoms with van der Waals surface area (Å²) in [5.74, 6) is 0.706. The molecule has 0 aliphatic heterocycles. The summed E-state index contributed by atoms with van der Waals surface area (Å²) in [5.41, 5.74) is 1.23. The average molecular weight is 238 g/mol. The second kappa shape index (κ2) is 3.73. The second-order valence-corrected chi connectivity index (χ2v) is 4.75. The number of nitrogens with one attached hydrogen (secondary N) is 1. The molecule has 16 heavy (non-hydrogen) atoms. The van der Waals surface area contributed by atoms with Gasteiger partial charge in [-0.3, -0.25) is 4.55 Å². The van der Waals surface area contributed by atoms with Crippen LogP contribution in [-0.4, -0.2) is 22.9 Å². The molecule has 0 saturated carbocycles. The van der Waals surface area contributed by atoms with Gasteiger partial charge in [0.15, 0.2) is 0 Å². The average Bonchev–Trinajstić information content (AvgIpc) is 2.57. The molecule has 0 fully saturated rings. The Kier molecular flexibility index (Phi) is 2.53. The second-order valence-electron chi connectivity index (χ2n) is 3.33. The van der Waals surface area contributed by atoms with Gasteiger partial charge in [-0.1, -0.05) is 6.08 Å². The van der Waals surface area contributed by atoms with Gasteiger partial charge in [0.25, 0.3) is 10.1 Å². The maximum Gasteiger partial charge on any atom is 0.294 e. The normalized spacial score (nSPS) is 11.8. The van der Waals surface area contributed by atoms with Gasteiger partial charge in [-0.2, -0.15) is 8.42 Å². The molecular formula is C10H10N2O3S. The van der Waals surface area contributed by atoms with E-state index in [0.29, 0.717) is 23.3 Å². The van der Waals surface area contributed by atoms with Crippen LogP contribution in [0, 0.1) is 0 Å². The van der Waals surface area contributed by atoms with Crippen molar-refractivity contribution < 1.29 is 13.0 Å². The highest BCUT2D eigenvalue weighted by Gasteiger charge is 2.11. The molecule has 0 atom stereocenters. The van der Waals surface area contributed by atoms with Crippen molar-refractivity contribution in [3.8, 4) is 0 Å². The van der Waals surface area contributed by atoms with Gasteiger partial charge >= 0.3 is 0 Å². The minimum absolute atomic E-state index is 0.145. The predicted octanol–water partition coefficient (Wildman–Crippen LogP) is 1.54. The van der Waals surface area contributed by atoms with Gasteiger partial charge in [0, 0.05) is 6.42 Å². The third-order valence-electron chi connectivity index (χ3n) is 2.14. The Bertz CT molecular complexity index is 643. The maximum absolute atomic E-state index is 10.9. The number of imidazole rings is 1. The van der Waals surface area contributed by atoms with Crippen LogP contribution in [0.15, 0.2) is 35.7 Å². The van der Waals surface area contributed by atoms with Crippen molar-refractivity contribution in [2.45, 2.75) is 11.3 Å². The van der Waals surface area contributed by atoms with Gasteiger partial charge in [-0.15, -0.1) is 6.58 Å². The number of fused-ring (bicyclic) bond motifs is 1. The zero-order valence-electron chi connectivity index (χ0n) is 8.34. The molecule has 2 aromatic rings. The minimum atomic E-state index is -4.17. The predicted molar refractivity (Wildman–Crippen MR) is 59.8 cm³/mol. The van der Waals surface area contributed by atoms with Crippen LogP contribution in [0.2, 0.25) is 0 Å². The molecule has 0 aliphatic rings. The third-order valence-corrected chi connectivity index (χ3v) is 2.99. The summed E-state index contributed by atoms with van der Waals surface area (Å²) in [6.45, 7) is 3.59. The Morgan fingerprint density at radius 2 is 2.25 bits per heavy atom. The topological polar surface area (TPSA) is 83.1 Å². The fourth-order valence-electron chi connectivity index (χ4n) is 1.44.